The minimum Gasteiger partial charge on any atom is -0.356 e. The van der Waals surface area contributed by atoms with Gasteiger partial charge in [-0.2, -0.15) is 13.2 Å². The molecular weight excluding hydrogens is 490 g/mol. The molecule has 1 rings (SSSR count). The van der Waals surface area contributed by atoms with Crippen LogP contribution in [0.1, 0.15) is 44.8 Å². The van der Waals surface area contributed by atoms with Gasteiger partial charge in [-0.1, -0.05) is 0 Å². The van der Waals surface area contributed by atoms with Gasteiger partial charge in [-0.05, 0) is 34.1 Å². The first kappa shape index (κ1) is 26.4. The highest BCUT2D eigenvalue weighted by atomic mass is 127. The fourth-order valence-electron chi connectivity index (χ4n) is 2.65. The fourth-order valence-corrected chi connectivity index (χ4v) is 3.45. The van der Waals surface area contributed by atoms with Gasteiger partial charge in [0.15, 0.2) is 11.7 Å². The summed E-state index contributed by atoms with van der Waals surface area (Å²) in [7, 11) is 1.68. The molecule has 27 heavy (non-hydrogen) atoms. The van der Waals surface area contributed by atoms with Crippen LogP contribution in [0, 0.1) is 0 Å². The Morgan fingerprint density at radius 3 is 2.26 bits per heavy atom. The summed E-state index contributed by atoms with van der Waals surface area (Å²) in [6.07, 6.45) is -2.96. The predicted molar refractivity (Wildman–Crippen MR) is 117 cm³/mol. The van der Waals surface area contributed by atoms with Gasteiger partial charge in [-0.15, -0.1) is 35.3 Å². The van der Waals surface area contributed by atoms with Crippen molar-refractivity contribution in [3.8, 4) is 0 Å². The molecule has 1 heterocycles. The largest absolute Gasteiger partial charge is 0.434 e. The zero-order chi connectivity index (χ0) is 19.7. The van der Waals surface area contributed by atoms with Gasteiger partial charge in [0, 0.05) is 50.6 Å². The van der Waals surface area contributed by atoms with Crippen LogP contribution in [0.4, 0.5) is 13.2 Å². The number of hydrogen-bond donors (Lipinski definition) is 2. The van der Waals surface area contributed by atoms with Crippen LogP contribution in [-0.4, -0.2) is 54.6 Å². The summed E-state index contributed by atoms with van der Waals surface area (Å²) >= 11 is 1.03. The highest BCUT2D eigenvalue weighted by molar-refractivity contribution is 14.0. The molecule has 0 aliphatic rings. The van der Waals surface area contributed by atoms with E-state index in [4.69, 9.17) is 0 Å². The van der Waals surface area contributed by atoms with Crippen LogP contribution < -0.4 is 10.6 Å². The van der Waals surface area contributed by atoms with Crippen LogP contribution in [0.15, 0.2) is 10.4 Å². The van der Waals surface area contributed by atoms with Crippen LogP contribution in [0.25, 0.3) is 0 Å². The van der Waals surface area contributed by atoms with Crippen LogP contribution in [-0.2, 0) is 12.6 Å². The molecule has 0 unspecified atom stereocenters. The average Bonchev–Trinajstić information content (AvgIpc) is 3.01. The number of aromatic nitrogens is 1. The third kappa shape index (κ3) is 9.93. The Hall–Kier alpha value is -0.620. The quantitative estimate of drug-likeness (QED) is 0.223. The Kier molecular flexibility index (Phi) is 12.5. The minimum absolute atomic E-state index is 0. The lowest BCUT2D eigenvalue weighted by Gasteiger charge is -2.30. The zero-order valence-corrected chi connectivity index (χ0v) is 19.7. The van der Waals surface area contributed by atoms with E-state index in [0.717, 1.165) is 36.2 Å². The van der Waals surface area contributed by atoms with Gasteiger partial charge in [0.05, 0.1) is 5.01 Å². The predicted octanol–water partition coefficient (Wildman–Crippen LogP) is 4.00. The number of rotatable bonds is 9. The average molecular weight is 521 g/mol. The molecule has 0 radical (unpaired) electrons. The van der Waals surface area contributed by atoms with Crippen molar-refractivity contribution in [1.29, 1.82) is 0 Å². The summed E-state index contributed by atoms with van der Waals surface area (Å²) in [6, 6.07) is 1.01. The maximum atomic E-state index is 12.5. The zero-order valence-electron chi connectivity index (χ0n) is 16.6. The molecule has 0 atom stereocenters. The molecule has 2 N–H and O–H groups in total. The van der Waals surface area contributed by atoms with Gasteiger partial charge >= 0.3 is 6.18 Å². The Balaban J connectivity index is 0.00000676. The molecule has 5 nitrogen and oxygen atoms in total. The molecule has 0 saturated heterocycles. The molecule has 0 spiro atoms. The van der Waals surface area contributed by atoms with E-state index in [1.54, 1.807) is 7.05 Å². The van der Waals surface area contributed by atoms with Crippen molar-refractivity contribution in [3.05, 3.63) is 16.1 Å². The highest BCUT2D eigenvalue weighted by Crippen LogP contribution is 2.29. The second-order valence-corrected chi connectivity index (χ2v) is 7.52. The molecule has 10 heteroatoms. The number of guanidine groups is 1. The van der Waals surface area contributed by atoms with Crippen molar-refractivity contribution in [2.75, 3.05) is 26.7 Å². The molecule has 158 valence electrons. The lowest BCUT2D eigenvalue weighted by atomic mass is 10.2. The first-order valence-electron chi connectivity index (χ1n) is 8.87. The minimum atomic E-state index is -4.38. The Morgan fingerprint density at radius 2 is 1.78 bits per heavy atom. The van der Waals surface area contributed by atoms with E-state index in [1.807, 2.05) is 0 Å². The van der Waals surface area contributed by atoms with Crippen molar-refractivity contribution in [2.24, 2.45) is 4.99 Å². The highest BCUT2D eigenvalue weighted by Gasteiger charge is 2.33. The van der Waals surface area contributed by atoms with E-state index in [2.05, 4.69) is 53.2 Å². The van der Waals surface area contributed by atoms with Gasteiger partial charge in [0.2, 0.25) is 0 Å². The van der Waals surface area contributed by atoms with E-state index in [-0.39, 0.29) is 24.0 Å². The Labute approximate surface area is 181 Å². The van der Waals surface area contributed by atoms with E-state index in [1.165, 1.54) is 0 Å². The van der Waals surface area contributed by atoms with Crippen LogP contribution in [0.5, 0.6) is 0 Å². The van der Waals surface area contributed by atoms with Crippen molar-refractivity contribution < 1.29 is 13.2 Å². The van der Waals surface area contributed by atoms with Gasteiger partial charge in [0.1, 0.15) is 0 Å². The molecule has 0 aromatic carbocycles. The van der Waals surface area contributed by atoms with Gasteiger partial charge in [-0.25, -0.2) is 4.98 Å². The van der Waals surface area contributed by atoms with E-state index in [9.17, 15) is 13.2 Å². The number of halogens is 4. The first-order chi connectivity index (χ1) is 12.1. The normalized spacial score (nSPS) is 12.6. The second-order valence-electron chi connectivity index (χ2n) is 6.58. The smallest absolute Gasteiger partial charge is 0.356 e. The van der Waals surface area contributed by atoms with E-state index < -0.39 is 11.9 Å². The van der Waals surface area contributed by atoms with Crippen molar-refractivity contribution in [1.82, 2.24) is 20.5 Å². The molecule has 0 aliphatic carbocycles. The number of nitrogens with zero attached hydrogens (tertiary/aromatic N) is 3. The van der Waals surface area contributed by atoms with Crippen molar-refractivity contribution in [3.63, 3.8) is 0 Å². The Morgan fingerprint density at radius 1 is 1.19 bits per heavy atom. The van der Waals surface area contributed by atoms with Crippen LogP contribution in [0.2, 0.25) is 0 Å². The third-order valence-electron chi connectivity index (χ3n) is 3.91. The molecule has 0 bridgehead atoms. The summed E-state index contributed by atoms with van der Waals surface area (Å²) in [5.41, 5.74) is -0.820. The number of aliphatic imine (C=N–C) groups is 1. The van der Waals surface area contributed by atoms with E-state index in [0.29, 0.717) is 36.0 Å². The molecule has 1 aromatic heterocycles. The van der Waals surface area contributed by atoms with Crippen LogP contribution >= 0.6 is 35.3 Å². The first-order valence-corrected chi connectivity index (χ1v) is 9.75. The maximum absolute atomic E-state index is 12.5. The standard InChI is InChI=1S/C17H30F3N5S.HI/c1-12(2)25(13(3)4)10-6-8-22-16(21-5)23-9-7-15-24-14(11-26-15)17(18,19)20;/h11-13H,6-10H2,1-5H3,(H2,21,22,23);1H. The van der Waals surface area contributed by atoms with Gasteiger partial charge in [0.25, 0.3) is 0 Å². The summed E-state index contributed by atoms with van der Waals surface area (Å²) < 4.78 is 37.6. The lowest BCUT2D eigenvalue weighted by Crippen LogP contribution is -2.41. The summed E-state index contributed by atoms with van der Waals surface area (Å²) in [5, 5.41) is 7.86. The second kappa shape index (κ2) is 12.8. The number of nitrogens with one attached hydrogen (secondary N) is 2. The number of hydrogen-bond acceptors (Lipinski definition) is 4. The molecule has 0 amide bonds. The van der Waals surface area contributed by atoms with Gasteiger partial charge < -0.3 is 10.6 Å². The molecule has 0 aliphatic heterocycles. The molecule has 1 aromatic rings. The van der Waals surface area contributed by atoms with Gasteiger partial charge in [-0.3, -0.25) is 9.89 Å². The fraction of sp³-hybridized carbons (Fsp3) is 0.765. The maximum Gasteiger partial charge on any atom is 0.434 e. The van der Waals surface area contributed by atoms with Crippen molar-refractivity contribution >= 4 is 41.3 Å². The monoisotopic (exact) mass is 521 g/mol. The Bertz CT molecular complexity index is 553. The topological polar surface area (TPSA) is 52.6 Å². The lowest BCUT2D eigenvalue weighted by molar-refractivity contribution is -0.140. The molecular formula is C17H31F3IN5S. The van der Waals surface area contributed by atoms with Crippen molar-refractivity contribution in [2.45, 2.75) is 58.8 Å². The van der Waals surface area contributed by atoms with E-state index >= 15 is 0 Å². The summed E-state index contributed by atoms with van der Waals surface area (Å²) in [4.78, 5) is 10.2. The number of thiazole rings is 1. The van der Waals surface area contributed by atoms with Crippen LogP contribution in [0.3, 0.4) is 0 Å². The SMILES string of the molecule is CN=C(NCCCN(C(C)C)C(C)C)NCCc1nc(C(F)(F)F)cs1.I. The molecule has 0 saturated carbocycles. The summed E-state index contributed by atoms with van der Waals surface area (Å²) in [6.45, 7) is 11.0. The summed E-state index contributed by atoms with van der Waals surface area (Å²) in [5.74, 6) is 0.651. The molecule has 0 fully saturated rings. The number of alkyl halides is 3. The third-order valence-corrected chi connectivity index (χ3v) is 4.82.